The minimum Gasteiger partial charge on any atom is -0.321 e. The van der Waals surface area contributed by atoms with Gasteiger partial charge >= 0.3 is 0 Å². The summed E-state index contributed by atoms with van der Waals surface area (Å²) in [5.74, 6) is 0.675. The van der Waals surface area contributed by atoms with Gasteiger partial charge in [-0.2, -0.15) is 0 Å². The summed E-state index contributed by atoms with van der Waals surface area (Å²) in [5.41, 5.74) is 9.20. The largest absolute Gasteiger partial charge is 0.321 e. The molecule has 0 amide bonds. The molecule has 1 aromatic rings. The highest BCUT2D eigenvalue weighted by Gasteiger charge is 2.33. The molecule has 1 nitrogen and oxygen atoms in total. The molecule has 1 aliphatic carbocycles. The maximum absolute atomic E-state index is 6.43. The van der Waals surface area contributed by atoms with Gasteiger partial charge in [-0.05, 0) is 36.3 Å². The van der Waals surface area contributed by atoms with Gasteiger partial charge in [-0.1, -0.05) is 38.1 Å². The van der Waals surface area contributed by atoms with Gasteiger partial charge in [0.2, 0.25) is 0 Å². The first-order valence-electron chi connectivity index (χ1n) is 5.55. The zero-order valence-electron chi connectivity index (χ0n) is 9.09. The van der Waals surface area contributed by atoms with Crippen molar-refractivity contribution in [2.24, 2.45) is 5.73 Å². The lowest BCUT2D eigenvalue weighted by molar-refractivity contribution is 0.340. The summed E-state index contributed by atoms with van der Waals surface area (Å²) in [4.78, 5) is 0. The van der Waals surface area contributed by atoms with Crippen molar-refractivity contribution < 1.29 is 0 Å². The molecule has 2 rings (SSSR count). The highest BCUT2D eigenvalue weighted by molar-refractivity contribution is 5.38. The first-order chi connectivity index (χ1) is 6.67. The van der Waals surface area contributed by atoms with Gasteiger partial charge in [0.05, 0.1) is 0 Å². The van der Waals surface area contributed by atoms with Crippen molar-refractivity contribution in [1.29, 1.82) is 0 Å². The molecule has 0 saturated heterocycles. The minimum absolute atomic E-state index is 0.0664. The quantitative estimate of drug-likeness (QED) is 0.721. The summed E-state index contributed by atoms with van der Waals surface area (Å²) in [6.45, 7) is 4.49. The van der Waals surface area contributed by atoms with Gasteiger partial charge in [0.15, 0.2) is 0 Å². The van der Waals surface area contributed by atoms with Gasteiger partial charge in [0.1, 0.15) is 0 Å². The highest BCUT2D eigenvalue weighted by atomic mass is 14.7. The fourth-order valence-electron chi connectivity index (χ4n) is 2.51. The Labute approximate surface area is 86.3 Å². The van der Waals surface area contributed by atoms with Crippen LogP contribution in [0.15, 0.2) is 24.3 Å². The molecule has 1 aliphatic rings. The van der Waals surface area contributed by atoms with Crippen molar-refractivity contribution in [3.05, 3.63) is 35.4 Å². The fraction of sp³-hybridized carbons (Fsp3) is 0.538. The van der Waals surface area contributed by atoms with Crippen LogP contribution in [0, 0.1) is 0 Å². The predicted molar refractivity (Wildman–Crippen MR) is 60.2 cm³/mol. The molecule has 1 aromatic carbocycles. The van der Waals surface area contributed by atoms with E-state index in [4.69, 9.17) is 5.73 Å². The molecule has 0 fully saturated rings. The maximum Gasteiger partial charge on any atom is 0.0410 e. The van der Waals surface area contributed by atoms with E-state index in [0.717, 1.165) is 12.8 Å². The summed E-state index contributed by atoms with van der Waals surface area (Å²) in [7, 11) is 0. The summed E-state index contributed by atoms with van der Waals surface area (Å²) >= 11 is 0. The van der Waals surface area contributed by atoms with E-state index in [1.807, 2.05) is 0 Å². The molecule has 0 aliphatic heterocycles. The van der Waals surface area contributed by atoms with Crippen molar-refractivity contribution in [1.82, 2.24) is 0 Å². The standard InChI is InChI=1S/C13H19N/c1-3-13(14)9-8-10(2)11-6-4-5-7-12(11)13/h4-7,10H,3,8-9,14H2,1-2H3. The van der Waals surface area contributed by atoms with E-state index in [9.17, 15) is 0 Å². The molecule has 1 heteroatoms. The number of hydrogen-bond donors (Lipinski definition) is 1. The van der Waals surface area contributed by atoms with Crippen LogP contribution < -0.4 is 5.73 Å². The van der Waals surface area contributed by atoms with Gasteiger partial charge in [-0.3, -0.25) is 0 Å². The van der Waals surface area contributed by atoms with Crippen LogP contribution in [0.3, 0.4) is 0 Å². The predicted octanol–water partition coefficient (Wildman–Crippen LogP) is 3.15. The van der Waals surface area contributed by atoms with Crippen LogP contribution in [0.4, 0.5) is 0 Å². The monoisotopic (exact) mass is 189 g/mol. The van der Waals surface area contributed by atoms with Gasteiger partial charge in [0.25, 0.3) is 0 Å². The third-order valence-electron chi connectivity index (χ3n) is 3.68. The number of fused-ring (bicyclic) bond motifs is 1. The van der Waals surface area contributed by atoms with Crippen LogP contribution in [-0.2, 0) is 5.54 Å². The Morgan fingerprint density at radius 3 is 2.86 bits per heavy atom. The molecule has 0 heterocycles. The van der Waals surface area contributed by atoms with Crippen molar-refractivity contribution in [3.8, 4) is 0 Å². The van der Waals surface area contributed by atoms with Gasteiger partial charge in [-0.25, -0.2) is 0 Å². The molecule has 0 radical (unpaired) electrons. The Bertz CT molecular complexity index is 332. The molecule has 0 bridgehead atoms. The Balaban J connectivity index is 2.52. The van der Waals surface area contributed by atoms with E-state index >= 15 is 0 Å². The molecule has 0 aromatic heterocycles. The minimum atomic E-state index is -0.0664. The summed E-state index contributed by atoms with van der Waals surface area (Å²) in [6.07, 6.45) is 3.39. The van der Waals surface area contributed by atoms with Crippen molar-refractivity contribution in [2.45, 2.75) is 44.6 Å². The van der Waals surface area contributed by atoms with Crippen molar-refractivity contribution in [3.63, 3.8) is 0 Å². The second-order valence-corrected chi connectivity index (χ2v) is 4.54. The van der Waals surface area contributed by atoms with Gasteiger partial charge < -0.3 is 5.73 Å². The third-order valence-corrected chi connectivity index (χ3v) is 3.68. The van der Waals surface area contributed by atoms with E-state index in [2.05, 4.69) is 38.1 Å². The molecule has 2 unspecified atom stereocenters. The fourth-order valence-corrected chi connectivity index (χ4v) is 2.51. The topological polar surface area (TPSA) is 26.0 Å². The summed E-state index contributed by atoms with van der Waals surface area (Å²) in [6, 6.07) is 8.66. The zero-order valence-corrected chi connectivity index (χ0v) is 9.09. The number of hydrogen-bond acceptors (Lipinski definition) is 1. The Morgan fingerprint density at radius 1 is 1.43 bits per heavy atom. The summed E-state index contributed by atoms with van der Waals surface area (Å²) < 4.78 is 0. The van der Waals surface area contributed by atoms with Crippen LogP contribution in [0.1, 0.15) is 50.2 Å². The number of rotatable bonds is 1. The normalized spacial score (nSPS) is 31.2. The van der Waals surface area contributed by atoms with Gasteiger partial charge in [0, 0.05) is 5.54 Å². The molecule has 2 N–H and O–H groups in total. The zero-order chi connectivity index (χ0) is 10.2. The number of nitrogens with two attached hydrogens (primary N) is 1. The molecule has 76 valence electrons. The second kappa shape index (κ2) is 3.39. The molecular weight excluding hydrogens is 170 g/mol. The smallest absolute Gasteiger partial charge is 0.0410 e. The first kappa shape index (κ1) is 9.72. The van der Waals surface area contributed by atoms with E-state index in [1.54, 1.807) is 0 Å². The van der Waals surface area contributed by atoms with E-state index in [1.165, 1.54) is 17.5 Å². The average Bonchev–Trinajstić information content (AvgIpc) is 2.24. The Kier molecular flexibility index (Phi) is 2.36. The molecule has 0 spiro atoms. The van der Waals surface area contributed by atoms with E-state index < -0.39 is 0 Å². The maximum atomic E-state index is 6.43. The number of benzene rings is 1. The van der Waals surface area contributed by atoms with Crippen LogP contribution in [0.25, 0.3) is 0 Å². The third kappa shape index (κ3) is 1.36. The Morgan fingerprint density at radius 2 is 2.14 bits per heavy atom. The molecule has 14 heavy (non-hydrogen) atoms. The van der Waals surface area contributed by atoms with Crippen molar-refractivity contribution in [2.75, 3.05) is 0 Å². The molecule has 0 saturated carbocycles. The van der Waals surface area contributed by atoms with Gasteiger partial charge in [-0.15, -0.1) is 0 Å². The van der Waals surface area contributed by atoms with Crippen LogP contribution in [0.5, 0.6) is 0 Å². The van der Waals surface area contributed by atoms with Crippen LogP contribution in [-0.4, -0.2) is 0 Å². The molecule has 2 atom stereocenters. The summed E-state index contributed by atoms with van der Waals surface area (Å²) in [5, 5.41) is 0. The van der Waals surface area contributed by atoms with E-state index in [0.29, 0.717) is 5.92 Å². The lowest BCUT2D eigenvalue weighted by Gasteiger charge is -2.37. The molecular formula is C13H19N. The van der Waals surface area contributed by atoms with Crippen LogP contribution >= 0.6 is 0 Å². The second-order valence-electron chi connectivity index (χ2n) is 4.54. The van der Waals surface area contributed by atoms with E-state index in [-0.39, 0.29) is 5.54 Å². The Hall–Kier alpha value is -0.820. The average molecular weight is 189 g/mol. The SMILES string of the molecule is CCC1(N)CCC(C)c2ccccc21. The van der Waals surface area contributed by atoms with Crippen LogP contribution in [0.2, 0.25) is 0 Å². The van der Waals surface area contributed by atoms with Crippen molar-refractivity contribution >= 4 is 0 Å². The highest BCUT2D eigenvalue weighted by Crippen LogP contribution is 2.41. The lowest BCUT2D eigenvalue weighted by atomic mass is 9.72. The lowest BCUT2D eigenvalue weighted by Crippen LogP contribution is -2.39. The first-order valence-corrected chi connectivity index (χ1v) is 5.55.